The normalized spacial score (nSPS) is 29.3. The number of amides is 4. The van der Waals surface area contributed by atoms with E-state index in [0.29, 0.717) is 45.1 Å². The van der Waals surface area contributed by atoms with E-state index >= 15 is 0 Å². The highest BCUT2D eigenvalue weighted by Gasteiger charge is 2.61. The zero-order chi connectivity index (χ0) is 28.3. The van der Waals surface area contributed by atoms with E-state index in [1.165, 1.54) is 4.90 Å². The molecule has 4 aliphatic rings. The first-order valence-corrected chi connectivity index (χ1v) is 15.9. The summed E-state index contributed by atoms with van der Waals surface area (Å²) in [5.41, 5.74) is -0.503. The first-order chi connectivity index (χ1) is 19.2. The van der Waals surface area contributed by atoms with Gasteiger partial charge in [0.1, 0.15) is 17.6 Å². The Balaban J connectivity index is 1.33. The van der Waals surface area contributed by atoms with Crippen LogP contribution in [0.2, 0.25) is 0 Å². The Kier molecular flexibility index (Phi) is 8.30. The number of allylic oxidation sites excluding steroid dienone is 1. The summed E-state index contributed by atoms with van der Waals surface area (Å²) >= 11 is 0. The number of benzene rings is 1. The molecule has 1 aromatic carbocycles. The Morgan fingerprint density at radius 3 is 2.52 bits per heavy atom. The van der Waals surface area contributed by atoms with Crippen LogP contribution in [0, 0.1) is 5.92 Å². The number of carbonyl (C=O) groups excluding carboxylic acids is 4. The minimum absolute atomic E-state index is 0.155. The maximum atomic E-state index is 13.7. The predicted molar refractivity (Wildman–Crippen MR) is 148 cm³/mol. The Labute approximate surface area is 235 Å². The summed E-state index contributed by atoms with van der Waals surface area (Å²) in [4.78, 5) is 54.9. The maximum absolute atomic E-state index is 13.7. The van der Waals surface area contributed by atoms with Crippen LogP contribution in [0.3, 0.4) is 0 Å². The number of nitrogens with zero attached hydrogens (tertiary/aromatic N) is 1. The lowest BCUT2D eigenvalue weighted by atomic mass is 10.0. The number of hydrogen-bond acceptors (Lipinski definition) is 6. The summed E-state index contributed by atoms with van der Waals surface area (Å²) in [7, 11) is -3.78. The molecule has 2 aliphatic carbocycles. The lowest BCUT2D eigenvalue weighted by Gasteiger charge is -2.30. The van der Waals surface area contributed by atoms with Gasteiger partial charge in [-0.2, -0.15) is 0 Å². The molecule has 5 rings (SSSR count). The molecule has 0 unspecified atom stereocenters. The predicted octanol–water partition coefficient (Wildman–Crippen LogP) is 1.71. The standard InChI is InChI=1S/C29H38N4O6S/c34-25(18-20-10-5-4-6-11-20)30-23-13-8-3-1-2-7-12-21-19-29(21,28(37)32-40(38,39)22-15-16-22)31-26(35)24-14-9-17-33(24)27(23)36/h4-7,10-12,21-24H,1-3,8-9,13-19H2,(H,30,34)(H,31,35)(H,32,37)/t21-,23+,24+,29-/m1/s1. The summed E-state index contributed by atoms with van der Waals surface area (Å²) < 4.78 is 27.2. The summed E-state index contributed by atoms with van der Waals surface area (Å²) in [6, 6.07) is 7.78. The van der Waals surface area contributed by atoms with Crippen molar-refractivity contribution < 1.29 is 27.6 Å². The van der Waals surface area contributed by atoms with Gasteiger partial charge in [0.05, 0.1) is 11.7 Å². The van der Waals surface area contributed by atoms with Crippen molar-refractivity contribution in [1.29, 1.82) is 0 Å². The molecule has 216 valence electrons. The summed E-state index contributed by atoms with van der Waals surface area (Å²) in [6.07, 6.45) is 10.1. The summed E-state index contributed by atoms with van der Waals surface area (Å²) in [6.45, 7) is 0.376. The molecule has 10 nitrogen and oxygen atoms in total. The highest BCUT2D eigenvalue weighted by Crippen LogP contribution is 2.46. The van der Waals surface area contributed by atoms with Crippen molar-refractivity contribution in [3.05, 3.63) is 48.0 Å². The Hall–Kier alpha value is -3.21. The fourth-order valence-corrected chi connectivity index (χ4v) is 7.17. The van der Waals surface area contributed by atoms with Crippen LogP contribution in [-0.4, -0.2) is 66.4 Å². The van der Waals surface area contributed by atoms with Gasteiger partial charge in [-0.1, -0.05) is 55.3 Å². The molecule has 0 spiro atoms. The van der Waals surface area contributed by atoms with Gasteiger partial charge in [0.25, 0.3) is 5.91 Å². The van der Waals surface area contributed by atoms with Gasteiger partial charge in [-0.25, -0.2) is 8.42 Å². The lowest BCUT2D eigenvalue weighted by molar-refractivity contribution is -0.142. The van der Waals surface area contributed by atoms with Crippen molar-refractivity contribution in [1.82, 2.24) is 20.3 Å². The third kappa shape index (κ3) is 6.40. The molecule has 0 aromatic heterocycles. The van der Waals surface area contributed by atoms with Gasteiger partial charge in [-0.3, -0.25) is 23.9 Å². The van der Waals surface area contributed by atoms with Crippen molar-refractivity contribution in [2.45, 2.75) is 93.5 Å². The topological polar surface area (TPSA) is 142 Å². The van der Waals surface area contributed by atoms with Crippen LogP contribution in [0.25, 0.3) is 0 Å². The van der Waals surface area contributed by atoms with Crippen molar-refractivity contribution in [3.63, 3.8) is 0 Å². The van der Waals surface area contributed by atoms with E-state index in [4.69, 9.17) is 0 Å². The summed E-state index contributed by atoms with van der Waals surface area (Å²) in [5.74, 6) is -2.04. The minimum Gasteiger partial charge on any atom is -0.344 e. The van der Waals surface area contributed by atoms with Gasteiger partial charge in [0.15, 0.2) is 0 Å². The molecule has 4 amide bonds. The molecule has 0 bridgehead atoms. The third-order valence-corrected chi connectivity index (χ3v) is 10.2. The van der Waals surface area contributed by atoms with E-state index in [0.717, 1.165) is 31.2 Å². The van der Waals surface area contributed by atoms with Crippen molar-refractivity contribution in [2.24, 2.45) is 5.92 Å². The number of sulfonamides is 1. The molecule has 1 saturated heterocycles. The van der Waals surface area contributed by atoms with Crippen LogP contribution in [-0.2, 0) is 35.6 Å². The molecule has 3 N–H and O–H groups in total. The second-order valence-electron chi connectivity index (χ2n) is 11.5. The molecule has 2 aliphatic heterocycles. The van der Waals surface area contributed by atoms with Crippen molar-refractivity contribution in [3.8, 4) is 0 Å². The number of fused-ring (bicyclic) bond motifs is 2. The fourth-order valence-electron chi connectivity index (χ4n) is 5.80. The van der Waals surface area contributed by atoms with Gasteiger partial charge in [0.2, 0.25) is 27.7 Å². The second-order valence-corrected chi connectivity index (χ2v) is 13.4. The number of rotatable bonds is 6. The van der Waals surface area contributed by atoms with E-state index in [1.807, 2.05) is 42.5 Å². The highest BCUT2D eigenvalue weighted by atomic mass is 32.2. The molecule has 2 saturated carbocycles. The molecule has 1 aromatic rings. The Bertz CT molecular complexity index is 1280. The zero-order valence-electron chi connectivity index (χ0n) is 22.6. The Morgan fingerprint density at radius 2 is 1.77 bits per heavy atom. The first kappa shape index (κ1) is 28.3. The van der Waals surface area contributed by atoms with E-state index in [1.54, 1.807) is 0 Å². The molecule has 3 fully saturated rings. The number of hydrogen-bond donors (Lipinski definition) is 3. The van der Waals surface area contributed by atoms with Crippen LogP contribution in [0.1, 0.15) is 69.8 Å². The SMILES string of the molecule is O=C(Cc1ccccc1)N[C@H]1CCCCCC=C[C@@H]2C[C@@]2(C(=O)NS(=O)(=O)C2CC2)NC(=O)[C@@H]2CCCN2C1=O. The van der Waals surface area contributed by atoms with Gasteiger partial charge in [-0.05, 0) is 56.9 Å². The maximum Gasteiger partial charge on any atom is 0.259 e. The van der Waals surface area contributed by atoms with E-state index in [9.17, 15) is 27.6 Å². The van der Waals surface area contributed by atoms with E-state index < -0.39 is 44.7 Å². The molecule has 11 heteroatoms. The van der Waals surface area contributed by atoms with Crippen LogP contribution in [0.4, 0.5) is 0 Å². The average molecular weight is 571 g/mol. The third-order valence-electron chi connectivity index (χ3n) is 8.38. The second kappa shape index (κ2) is 11.7. The number of nitrogens with one attached hydrogen (secondary N) is 3. The van der Waals surface area contributed by atoms with Gasteiger partial charge in [-0.15, -0.1) is 0 Å². The molecule has 4 atom stereocenters. The molecule has 2 heterocycles. The average Bonchev–Trinajstić information content (AvgIpc) is 3.84. The van der Waals surface area contributed by atoms with Crippen molar-refractivity contribution in [2.75, 3.05) is 6.54 Å². The number of carbonyl (C=O) groups is 4. The van der Waals surface area contributed by atoms with Crippen LogP contribution in [0.15, 0.2) is 42.5 Å². The summed E-state index contributed by atoms with van der Waals surface area (Å²) in [5, 5.41) is 5.21. The first-order valence-electron chi connectivity index (χ1n) is 14.4. The van der Waals surface area contributed by atoms with Crippen molar-refractivity contribution >= 4 is 33.7 Å². The Morgan fingerprint density at radius 1 is 1.00 bits per heavy atom. The van der Waals surface area contributed by atoms with E-state index in [2.05, 4.69) is 15.4 Å². The minimum atomic E-state index is -3.78. The highest BCUT2D eigenvalue weighted by molar-refractivity contribution is 7.91. The van der Waals surface area contributed by atoms with E-state index in [-0.39, 0.29) is 24.2 Å². The lowest BCUT2D eigenvalue weighted by Crippen LogP contribution is -2.58. The molecular formula is C29H38N4O6S. The smallest absolute Gasteiger partial charge is 0.259 e. The van der Waals surface area contributed by atoms with Crippen LogP contribution >= 0.6 is 0 Å². The molecular weight excluding hydrogens is 532 g/mol. The monoisotopic (exact) mass is 570 g/mol. The van der Waals surface area contributed by atoms with Gasteiger partial charge < -0.3 is 15.5 Å². The molecule has 0 radical (unpaired) electrons. The zero-order valence-corrected chi connectivity index (χ0v) is 23.5. The van der Waals surface area contributed by atoms with Crippen LogP contribution in [0.5, 0.6) is 0 Å². The van der Waals surface area contributed by atoms with Crippen LogP contribution < -0.4 is 15.4 Å². The van der Waals surface area contributed by atoms with Gasteiger partial charge >= 0.3 is 0 Å². The molecule has 40 heavy (non-hydrogen) atoms. The largest absolute Gasteiger partial charge is 0.344 e. The quantitative estimate of drug-likeness (QED) is 0.445. The fraction of sp³-hybridized carbons (Fsp3) is 0.586. The van der Waals surface area contributed by atoms with Gasteiger partial charge in [0, 0.05) is 12.5 Å².